The summed E-state index contributed by atoms with van der Waals surface area (Å²) in [5, 5.41) is 8.59. The van der Waals surface area contributed by atoms with Gasteiger partial charge in [0.05, 0.1) is 0 Å². The first-order chi connectivity index (χ1) is 7.84. The Morgan fingerprint density at radius 2 is 1.88 bits per heavy atom. The standard InChI is InChI=1S/C14H18O2/c15-12-8-3-1-2-7-11-14(16)13-9-5-4-6-10-13/h4-7,9-11,15H,1-3,8,12H2. The molecule has 0 saturated carbocycles. The Morgan fingerprint density at radius 3 is 2.56 bits per heavy atom. The van der Waals surface area contributed by atoms with Crippen LogP contribution in [0.15, 0.2) is 42.5 Å². The third-order valence-electron chi connectivity index (χ3n) is 2.36. The lowest BCUT2D eigenvalue weighted by Crippen LogP contribution is -1.92. The van der Waals surface area contributed by atoms with Crippen LogP contribution in [0.3, 0.4) is 0 Å². The van der Waals surface area contributed by atoms with Gasteiger partial charge in [-0.15, -0.1) is 0 Å². The van der Waals surface area contributed by atoms with Crippen molar-refractivity contribution >= 4 is 5.78 Å². The Kier molecular flexibility index (Phi) is 6.19. The zero-order valence-electron chi connectivity index (χ0n) is 9.43. The van der Waals surface area contributed by atoms with Crippen molar-refractivity contribution in [2.24, 2.45) is 0 Å². The van der Waals surface area contributed by atoms with Crippen molar-refractivity contribution in [3.05, 3.63) is 48.0 Å². The summed E-state index contributed by atoms with van der Waals surface area (Å²) in [6, 6.07) is 9.26. The van der Waals surface area contributed by atoms with Crippen molar-refractivity contribution in [1.29, 1.82) is 0 Å². The number of hydrogen-bond acceptors (Lipinski definition) is 2. The summed E-state index contributed by atoms with van der Waals surface area (Å²) in [6.45, 7) is 0.257. The molecule has 16 heavy (non-hydrogen) atoms. The van der Waals surface area contributed by atoms with E-state index in [9.17, 15) is 4.79 Å². The molecule has 1 aromatic carbocycles. The first kappa shape index (κ1) is 12.7. The van der Waals surface area contributed by atoms with E-state index in [0.717, 1.165) is 31.2 Å². The van der Waals surface area contributed by atoms with Crippen molar-refractivity contribution < 1.29 is 9.90 Å². The molecular weight excluding hydrogens is 200 g/mol. The van der Waals surface area contributed by atoms with Crippen molar-refractivity contribution in [1.82, 2.24) is 0 Å². The second-order valence-corrected chi connectivity index (χ2v) is 3.71. The van der Waals surface area contributed by atoms with Gasteiger partial charge >= 0.3 is 0 Å². The summed E-state index contributed by atoms with van der Waals surface area (Å²) in [5.41, 5.74) is 0.731. The monoisotopic (exact) mass is 218 g/mol. The quantitative estimate of drug-likeness (QED) is 0.434. The van der Waals surface area contributed by atoms with Crippen LogP contribution in [0.4, 0.5) is 0 Å². The predicted octanol–water partition coefficient (Wildman–Crippen LogP) is 2.98. The van der Waals surface area contributed by atoms with Crippen molar-refractivity contribution in [2.75, 3.05) is 6.61 Å². The van der Waals surface area contributed by atoms with Gasteiger partial charge in [-0.25, -0.2) is 0 Å². The molecular formula is C14H18O2. The fourth-order valence-electron chi connectivity index (χ4n) is 1.44. The lowest BCUT2D eigenvalue weighted by atomic mass is 10.1. The summed E-state index contributed by atoms with van der Waals surface area (Å²) in [6.07, 6.45) is 7.33. The number of rotatable bonds is 7. The first-order valence-corrected chi connectivity index (χ1v) is 5.71. The lowest BCUT2D eigenvalue weighted by Gasteiger charge is -1.95. The van der Waals surface area contributed by atoms with E-state index in [0.29, 0.717) is 0 Å². The van der Waals surface area contributed by atoms with Gasteiger partial charge < -0.3 is 5.11 Å². The molecule has 86 valence electrons. The van der Waals surface area contributed by atoms with Gasteiger partial charge in [-0.05, 0) is 25.3 Å². The molecule has 0 radical (unpaired) electrons. The van der Waals surface area contributed by atoms with Gasteiger partial charge in [0.25, 0.3) is 0 Å². The minimum absolute atomic E-state index is 0.0581. The van der Waals surface area contributed by atoms with Crippen LogP contribution in [-0.4, -0.2) is 17.5 Å². The molecule has 0 aliphatic carbocycles. The molecule has 0 aliphatic rings. The van der Waals surface area contributed by atoms with Crippen LogP contribution in [0.1, 0.15) is 36.0 Å². The number of carbonyl (C=O) groups is 1. The molecule has 0 fully saturated rings. The van der Waals surface area contributed by atoms with E-state index in [2.05, 4.69) is 0 Å². The predicted molar refractivity (Wildman–Crippen MR) is 65.5 cm³/mol. The molecule has 0 aromatic heterocycles. The van der Waals surface area contributed by atoms with Gasteiger partial charge in [0, 0.05) is 12.2 Å². The largest absolute Gasteiger partial charge is 0.396 e. The van der Waals surface area contributed by atoms with E-state index >= 15 is 0 Å². The highest BCUT2D eigenvalue weighted by Crippen LogP contribution is 2.03. The molecule has 0 aliphatic heterocycles. The number of carbonyl (C=O) groups excluding carboxylic acids is 1. The number of aliphatic hydroxyl groups is 1. The van der Waals surface area contributed by atoms with Crippen LogP contribution in [0.5, 0.6) is 0 Å². The van der Waals surface area contributed by atoms with Crippen LogP contribution >= 0.6 is 0 Å². The highest BCUT2D eigenvalue weighted by atomic mass is 16.2. The van der Waals surface area contributed by atoms with Gasteiger partial charge in [-0.1, -0.05) is 42.8 Å². The summed E-state index contributed by atoms with van der Waals surface area (Å²) in [4.78, 5) is 11.6. The fraction of sp³-hybridized carbons (Fsp3) is 0.357. The molecule has 1 N–H and O–H groups in total. The molecule has 0 heterocycles. The molecule has 0 unspecified atom stereocenters. The van der Waals surface area contributed by atoms with E-state index in [1.165, 1.54) is 0 Å². The highest BCUT2D eigenvalue weighted by Gasteiger charge is 1.98. The lowest BCUT2D eigenvalue weighted by molar-refractivity contribution is 0.104. The van der Waals surface area contributed by atoms with Crippen LogP contribution in [0.2, 0.25) is 0 Å². The number of aliphatic hydroxyl groups excluding tert-OH is 1. The molecule has 2 heteroatoms. The smallest absolute Gasteiger partial charge is 0.185 e. The maximum atomic E-state index is 11.6. The highest BCUT2D eigenvalue weighted by molar-refractivity contribution is 6.04. The molecule has 1 rings (SSSR count). The van der Waals surface area contributed by atoms with Gasteiger partial charge in [-0.3, -0.25) is 4.79 Å². The number of ketones is 1. The van der Waals surface area contributed by atoms with Crippen molar-refractivity contribution in [2.45, 2.75) is 25.7 Å². The van der Waals surface area contributed by atoms with Crippen molar-refractivity contribution in [3.8, 4) is 0 Å². The van der Waals surface area contributed by atoms with Gasteiger partial charge in [-0.2, -0.15) is 0 Å². The first-order valence-electron chi connectivity index (χ1n) is 5.71. The third kappa shape index (κ3) is 4.89. The maximum Gasteiger partial charge on any atom is 0.185 e. The molecule has 1 aromatic rings. The summed E-state index contributed by atoms with van der Waals surface area (Å²) in [5.74, 6) is 0.0581. The molecule has 0 atom stereocenters. The van der Waals surface area contributed by atoms with E-state index in [4.69, 9.17) is 5.11 Å². The van der Waals surface area contributed by atoms with Crippen LogP contribution < -0.4 is 0 Å². The molecule has 0 bridgehead atoms. The summed E-state index contributed by atoms with van der Waals surface area (Å²) >= 11 is 0. The number of allylic oxidation sites excluding steroid dienone is 2. The minimum Gasteiger partial charge on any atom is -0.396 e. The second-order valence-electron chi connectivity index (χ2n) is 3.71. The average Bonchev–Trinajstić information content (AvgIpc) is 2.34. The topological polar surface area (TPSA) is 37.3 Å². The Hall–Kier alpha value is -1.41. The SMILES string of the molecule is O=C(C=CCCCCCO)c1ccccc1. The number of hydrogen-bond donors (Lipinski definition) is 1. The minimum atomic E-state index is 0.0581. The second kappa shape index (κ2) is 7.83. The third-order valence-corrected chi connectivity index (χ3v) is 2.36. The zero-order valence-corrected chi connectivity index (χ0v) is 9.43. The molecule has 0 spiro atoms. The van der Waals surface area contributed by atoms with Gasteiger partial charge in [0.1, 0.15) is 0 Å². The normalized spacial score (nSPS) is 10.8. The average molecular weight is 218 g/mol. The van der Waals surface area contributed by atoms with Crippen LogP contribution in [0, 0.1) is 0 Å². The van der Waals surface area contributed by atoms with E-state index in [1.54, 1.807) is 6.08 Å². The summed E-state index contributed by atoms with van der Waals surface area (Å²) < 4.78 is 0. The molecule has 0 amide bonds. The number of unbranched alkanes of at least 4 members (excludes halogenated alkanes) is 3. The Bertz CT molecular complexity index is 328. The Morgan fingerprint density at radius 1 is 1.12 bits per heavy atom. The summed E-state index contributed by atoms with van der Waals surface area (Å²) in [7, 11) is 0. The van der Waals surface area contributed by atoms with Crippen molar-refractivity contribution in [3.63, 3.8) is 0 Å². The van der Waals surface area contributed by atoms with Gasteiger partial charge in [0.2, 0.25) is 0 Å². The van der Waals surface area contributed by atoms with E-state index in [1.807, 2.05) is 36.4 Å². The Labute approximate surface area is 96.6 Å². The molecule has 2 nitrogen and oxygen atoms in total. The van der Waals surface area contributed by atoms with Crippen LogP contribution in [-0.2, 0) is 0 Å². The molecule has 0 saturated heterocycles. The zero-order chi connectivity index (χ0) is 11.6. The fourth-order valence-corrected chi connectivity index (χ4v) is 1.44. The Balaban J connectivity index is 2.27. The maximum absolute atomic E-state index is 11.6. The van der Waals surface area contributed by atoms with Crippen LogP contribution in [0.25, 0.3) is 0 Å². The van der Waals surface area contributed by atoms with E-state index in [-0.39, 0.29) is 12.4 Å². The van der Waals surface area contributed by atoms with E-state index < -0.39 is 0 Å². The van der Waals surface area contributed by atoms with Gasteiger partial charge in [0.15, 0.2) is 5.78 Å². The number of benzene rings is 1.